The maximum atomic E-state index is 6.01. The third-order valence-electron chi connectivity index (χ3n) is 6.06. The van der Waals surface area contributed by atoms with Crippen LogP contribution in [0.25, 0.3) is 5.65 Å². The summed E-state index contributed by atoms with van der Waals surface area (Å²) in [7, 11) is 0. The molecule has 132 valence electrons. The first-order chi connectivity index (χ1) is 12.3. The molecular weight excluding hydrogens is 318 g/mol. The van der Waals surface area contributed by atoms with Crippen molar-refractivity contribution in [2.24, 2.45) is 0 Å². The Morgan fingerprint density at radius 1 is 0.840 bits per heavy atom. The molecule has 2 aromatic heterocycles. The summed E-state index contributed by atoms with van der Waals surface area (Å²) >= 11 is 0. The molecule has 7 nitrogen and oxygen atoms in total. The minimum atomic E-state index is 0.361. The Morgan fingerprint density at radius 2 is 1.44 bits per heavy atom. The largest absolute Gasteiger partial charge is 0.371 e. The zero-order valence-corrected chi connectivity index (χ0v) is 14.3. The van der Waals surface area contributed by atoms with E-state index in [0.29, 0.717) is 24.4 Å². The molecule has 7 heteroatoms. The van der Waals surface area contributed by atoms with Crippen LogP contribution < -0.4 is 9.80 Å². The summed E-state index contributed by atoms with van der Waals surface area (Å²) in [6.07, 6.45) is 8.00. The Labute approximate surface area is 146 Å². The van der Waals surface area contributed by atoms with Crippen LogP contribution in [-0.4, -0.2) is 65.2 Å². The Hall–Kier alpha value is -1.86. The highest BCUT2D eigenvalue weighted by atomic mass is 16.5. The Kier molecular flexibility index (Phi) is 3.05. The fourth-order valence-corrected chi connectivity index (χ4v) is 4.87. The maximum absolute atomic E-state index is 6.01. The van der Waals surface area contributed by atoms with E-state index in [-0.39, 0.29) is 0 Å². The standard InChI is InChI=1S/C18H23N5O2/c1-2-13-9-21(8-12(1)24-13)17-7-18(23-16(20-17)5-6-19-23)22-10-14-3-4-15(11-22)25-14/h5-7,12-15H,1-4,8-11H2. The van der Waals surface area contributed by atoms with Gasteiger partial charge in [-0.2, -0.15) is 9.61 Å². The zero-order chi connectivity index (χ0) is 16.4. The molecule has 25 heavy (non-hydrogen) atoms. The predicted octanol–water partition coefficient (Wildman–Crippen LogP) is 1.46. The number of nitrogens with zero attached hydrogens (tertiary/aromatic N) is 5. The van der Waals surface area contributed by atoms with Crippen LogP contribution in [0.3, 0.4) is 0 Å². The summed E-state index contributed by atoms with van der Waals surface area (Å²) in [5.74, 6) is 2.20. The lowest BCUT2D eigenvalue weighted by Crippen LogP contribution is -2.45. The molecule has 4 saturated heterocycles. The van der Waals surface area contributed by atoms with Gasteiger partial charge in [0.05, 0.1) is 30.6 Å². The molecule has 6 heterocycles. The molecule has 0 saturated carbocycles. The van der Waals surface area contributed by atoms with Crippen molar-refractivity contribution in [2.75, 3.05) is 36.0 Å². The van der Waals surface area contributed by atoms with Crippen molar-refractivity contribution in [3.8, 4) is 0 Å². The van der Waals surface area contributed by atoms with Crippen molar-refractivity contribution < 1.29 is 9.47 Å². The number of aromatic nitrogens is 3. The average Bonchev–Trinajstić information content (AvgIpc) is 3.33. The molecule has 0 amide bonds. The summed E-state index contributed by atoms with van der Waals surface area (Å²) in [4.78, 5) is 9.71. The van der Waals surface area contributed by atoms with Crippen LogP contribution in [0.5, 0.6) is 0 Å². The first kappa shape index (κ1) is 14.3. The number of hydrogen-bond donors (Lipinski definition) is 0. The lowest BCUT2D eigenvalue weighted by atomic mass is 10.2. The molecule has 0 spiro atoms. The predicted molar refractivity (Wildman–Crippen MR) is 93.2 cm³/mol. The van der Waals surface area contributed by atoms with Gasteiger partial charge < -0.3 is 19.3 Å². The smallest absolute Gasteiger partial charge is 0.159 e. The highest BCUT2D eigenvalue weighted by Crippen LogP contribution is 2.33. The van der Waals surface area contributed by atoms with E-state index in [1.165, 1.54) is 25.7 Å². The quantitative estimate of drug-likeness (QED) is 0.824. The molecule has 4 aliphatic rings. The number of hydrogen-bond acceptors (Lipinski definition) is 6. The first-order valence-corrected chi connectivity index (χ1v) is 9.47. The van der Waals surface area contributed by atoms with Crippen LogP contribution in [-0.2, 0) is 9.47 Å². The molecule has 4 atom stereocenters. The van der Waals surface area contributed by atoms with Gasteiger partial charge in [0.15, 0.2) is 5.65 Å². The van der Waals surface area contributed by atoms with Gasteiger partial charge in [-0.1, -0.05) is 0 Å². The van der Waals surface area contributed by atoms with Crippen molar-refractivity contribution >= 4 is 17.3 Å². The van der Waals surface area contributed by atoms with Crippen LogP contribution in [0.4, 0.5) is 11.6 Å². The van der Waals surface area contributed by atoms with Gasteiger partial charge in [-0.3, -0.25) is 0 Å². The Bertz CT molecular complexity index is 784. The Balaban J connectivity index is 1.39. The minimum Gasteiger partial charge on any atom is -0.371 e. The van der Waals surface area contributed by atoms with Crippen LogP contribution in [0.15, 0.2) is 18.3 Å². The molecule has 4 bridgehead atoms. The number of ether oxygens (including phenoxy) is 2. The second-order valence-electron chi connectivity index (χ2n) is 7.80. The second kappa shape index (κ2) is 5.32. The summed E-state index contributed by atoms with van der Waals surface area (Å²) in [6, 6.07) is 4.21. The number of fused-ring (bicyclic) bond motifs is 5. The van der Waals surface area contributed by atoms with Gasteiger partial charge in [0.25, 0.3) is 0 Å². The topological polar surface area (TPSA) is 55.1 Å². The monoisotopic (exact) mass is 341 g/mol. The summed E-state index contributed by atoms with van der Waals surface area (Å²) in [5.41, 5.74) is 0.921. The summed E-state index contributed by atoms with van der Waals surface area (Å²) in [5, 5.41) is 4.52. The van der Waals surface area contributed by atoms with E-state index >= 15 is 0 Å². The third kappa shape index (κ3) is 2.33. The molecule has 0 radical (unpaired) electrons. The van der Waals surface area contributed by atoms with E-state index in [1.54, 1.807) is 0 Å². The number of morpholine rings is 2. The van der Waals surface area contributed by atoms with Gasteiger partial charge in [0.2, 0.25) is 0 Å². The van der Waals surface area contributed by atoms with Crippen molar-refractivity contribution in [2.45, 2.75) is 50.1 Å². The molecule has 6 rings (SSSR count). The van der Waals surface area contributed by atoms with E-state index in [2.05, 4.69) is 21.0 Å². The molecule has 0 aromatic carbocycles. The van der Waals surface area contributed by atoms with Gasteiger partial charge >= 0.3 is 0 Å². The molecule has 4 unspecified atom stereocenters. The number of rotatable bonds is 2. The molecule has 0 aliphatic carbocycles. The minimum absolute atomic E-state index is 0.361. The summed E-state index contributed by atoms with van der Waals surface area (Å²) in [6.45, 7) is 3.79. The van der Waals surface area contributed by atoms with Crippen molar-refractivity contribution in [1.29, 1.82) is 0 Å². The van der Waals surface area contributed by atoms with Crippen molar-refractivity contribution in [3.63, 3.8) is 0 Å². The summed E-state index contributed by atoms with van der Waals surface area (Å²) < 4.78 is 14.0. The normalized spacial score (nSPS) is 34.2. The molecule has 4 fully saturated rings. The van der Waals surface area contributed by atoms with E-state index in [0.717, 1.165) is 43.5 Å². The van der Waals surface area contributed by atoms with Gasteiger partial charge in [0.1, 0.15) is 11.6 Å². The first-order valence-electron chi connectivity index (χ1n) is 9.47. The van der Waals surface area contributed by atoms with E-state index in [1.807, 2.05) is 16.8 Å². The van der Waals surface area contributed by atoms with Crippen LogP contribution >= 0.6 is 0 Å². The van der Waals surface area contributed by atoms with Crippen LogP contribution in [0.2, 0.25) is 0 Å². The lowest BCUT2D eigenvalue weighted by molar-refractivity contribution is 0.0298. The third-order valence-corrected chi connectivity index (χ3v) is 6.06. The van der Waals surface area contributed by atoms with E-state index < -0.39 is 0 Å². The Morgan fingerprint density at radius 3 is 2.08 bits per heavy atom. The number of anilines is 2. The SMILES string of the molecule is c1cc2nc(N3CC4CCC(C3)O4)cc(N3CC4CCC(C3)O4)n2n1. The van der Waals surface area contributed by atoms with Gasteiger partial charge in [-0.05, 0) is 25.7 Å². The van der Waals surface area contributed by atoms with Crippen molar-refractivity contribution in [1.82, 2.24) is 14.6 Å². The van der Waals surface area contributed by atoms with E-state index in [4.69, 9.17) is 14.5 Å². The average molecular weight is 341 g/mol. The van der Waals surface area contributed by atoms with Crippen LogP contribution in [0, 0.1) is 0 Å². The molecule has 4 aliphatic heterocycles. The highest BCUT2D eigenvalue weighted by molar-refractivity contribution is 5.59. The van der Waals surface area contributed by atoms with Gasteiger partial charge in [-0.15, -0.1) is 0 Å². The molecule has 2 aromatic rings. The van der Waals surface area contributed by atoms with Crippen molar-refractivity contribution in [3.05, 3.63) is 18.3 Å². The highest BCUT2D eigenvalue weighted by Gasteiger charge is 2.37. The fourth-order valence-electron chi connectivity index (χ4n) is 4.87. The zero-order valence-electron chi connectivity index (χ0n) is 14.3. The van der Waals surface area contributed by atoms with Gasteiger partial charge in [-0.25, -0.2) is 4.98 Å². The second-order valence-corrected chi connectivity index (χ2v) is 7.80. The lowest BCUT2D eigenvalue weighted by Gasteiger charge is -2.36. The van der Waals surface area contributed by atoms with E-state index in [9.17, 15) is 0 Å². The molecule has 0 N–H and O–H groups in total. The van der Waals surface area contributed by atoms with Crippen LogP contribution in [0.1, 0.15) is 25.7 Å². The fraction of sp³-hybridized carbons (Fsp3) is 0.667. The van der Waals surface area contributed by atoms with Gasteiger partial charge in [0, 0.05) is 38.3 Å². The molecular formula is C18H23N5O2. The maximum Gasteiger partial charge on any atom is 0.159 e.